The summed E-state index contributed by atoms with van der Waals surface area (Å²) in [6.45, 7) is 0.502. The van der Waals surface area contributed by atoms with Gasteiger partial charge in [-0.1, -0.05) is 6.42 Å². The first-order chi connectivity index (χ1) is 7.56. The van der Waals surface area contributed by atoms with E-state index in [1.54, 1.807) is 0 Å². The van der Waals surface area contributed by atoms with Crippen LogP contribution in [-0.2, 0) is 9.59 Å². The summed E-state index contributed by atoms with van der Waals surface area (Å²) in [5.74, 6) is -1.21. The van der Waals surface area contributed by atoms with Crippen molar-refractivity contribution >= 4 is 11.9 Å². The van der Waals surface area contributed by atoms with Crippen LogP contribution in [0.15, 0.2) is 0 Å². The lowest BCUT2D eigenvalue weighted by Crippen LogP contribution is -2.26. The van der Waals surface area contributed by atoms with Crippen molar-refractivity contribution in [3.63, 3.8) is 0 Å². The molecule has 0 aliphatic carbocycles. The molecule has 16 heavy (non-hydrogen) atoms. The molecular weight excluding hydrogens is 212 g/mol. The molecule has 6 nitrogen and oxygen atoms in total. The molecule has 0 bridgehead atoms. The minimum atomic E-state index is -0.968. The molecule has 5 N–H and O–H groups in total. The lowest BCUT2D eigenvalue weighted by molar-refractivity contribution is -0.138. The minimum Gasteiger partial charge on any atom is -0.481 e. The Kier molecular flexibility index (Phi) is 8.46. The molecule has 0 aliphatic heterocycles. The van der Waals surface area contributed by atoms with Crippen molar-refractivity contribution in [1.29, 1.82) is 0 Å². The van der Waals surface area contributed by atoms with Crippen LogP contribution >= 0.6 is 0 Å². The first kappa shape index (κ1) is 14.9. The fourth-order valence-corrected chi connectivity index (χ4v) is 1.16. The summed E-state index contributed by atoms with van der Waals surface area (Å²) in [6.07, 6.45) is 2.22. The van der Waals surface area contributed by atoms with Crippen molar-refractivity contribution in [1.82, 2.24) is 5.32 Å². The molecule has 0 saturated carbocycles. The molecule has 0 radical (unpaired) electrons. The zero-order chi connectivity index (χ0) is 12.4. The summed E-state index contributed by atoms with van der Waals surface area (Å²) in [5, 5.41) is 19.6. The number of carbonyl (C=O) groups is 2. The van der Waals surface area contributed by atoms with E-state index in [2.05, 4.69) is 5.32 Å². The van der Waals surface area contributed by atoms with Crippen LogP contribution in [0.4, 0.5) is 0 Å². The third-order valence-corrected chi connectivity index (χ3v) is 2.12. The van der Waals surface area contributed by atoms with E-state index in [1.165, 1.54) is 0 Å². The average Bonchev–Trinajstić information content (AvgIpc) is 2.25. The summed E-state index contributed by atoms with van der Waals surface area (Å²) in [6, 6.07) is -0.192. The summed E-state index contributed by atoms with van der Waals surface area (Å²) in [4.78, 5) is 21.2. The zero-order valence-electron chi connectivity index (χ0n) is 9.32. The molecule has 0 fully saturated rings. The Morgan fingerprint density at radius 3 is 2.50 bits per heavy atom. The van der Waals surface area contributed by atoms with Crippen LogP contribution in [-0.4, -0.2) is 41.3 Å². The molecule has 0 heterocycles. The number of amides is 1. The molecule has 0 rings (SSSR count). The van der Waals surface area contributed by atoms with Crippen LogP contribution in [0.5, 0.6) is 0 Å². The van der Waals surface area contributed by atoms with E-state index in [0.29, 0.717) is 6.54 Å². The van der Waals surface area contributed by atoms with E-state index in [1.807, 2.05) is 0 Å². The second-order valence-electron chi connectivity index (χ2n) is 3.68. The molecule has 1 atom stereocenters. The van der Waals surface area contributed by atoms with Crippen molar-refractivity contribution in [2.45, 2.75) is 38.1 Å². The van der Waals surface area contributed by atoms with E-state index in [9.17, 15) is 9.59 Å². The molecule has 0 saturated heterocycles. The fourth-order valence-electron chi connectivity index (χ4n) is 1.16. The van der Waals surface area contributed by atoms with E-state index in [4.69, 9.17) is 15.9 Å². The van der Waals surface area contributed by atoms with Gasteiger partial charge in [0, 0.05) is 19.0 Å². The van der Waals surface area contributed by atoms with E-state index in [0.717, 1.165) is 19.3 Å². The number of hydrogen-bond acceptors (Lipinski definition) is 4. The van der Waals surface area contributed by atoms with Crippen LogP contribution in [0.2, 0.25) is 0 Å². The van der Waals surface area contributed by atoms with Crippen molar-refractivity contribution in [3.05, 3.63) is 0 Å². The molecule has 0 unspecified atom stereocenters. The Balaban J connectivity index is 3.31. The van der Waals surface area contributed by atoms with Gasteiger partial charge in [-0.05, 0) is 12.8 Å². The van der Waals surface area contributed by atoms with Crippen molar-refractivity contribution < 1.29 is 19.8 Å². The highest BCUT2D eigenvalue weighted by atomic mass is 16.4. The van der Waals surface area contributed by atoms with Crippen molar-refractivity contribution in [2.24, 2.45) is 5.73 Å². The lowest BCUT2D eigenvalue weighted by atomic mass is 10.1. The number of hydrogen-bond donors (Lipinski definition) is 4. The summed E-state index contributed by atoms with van der Waals surface area (Å²) < 4.78 is 0. The Morgan fingerprint density at radius 2 is 1.94 bits per heavy atom. The number of nitrogens with two attached hydrogens (primary N) is 1. The van der Waals surface area contributed by atoms with E-state index >= 15 is 0 Å². The highest BCUT2D eigenvalue weighted by Gasteiger charge is 2.04. The number of carboxylic acids is 1. The quantitative estimate of drug-likeness (QED) is 0.399. The largest absolute Gasteiger partial charge is 0.481 e. The molecule has 94 valence electrons. The fraction of sp³-hybridized carbons (Fsp3) is 0.800. The number of aliphatic hydroxyl groups is 1. The molecule has 0 spiro atoms. The van der Waals surface area contributed by atoms with E-state index in [-0.39, 0.29) is 31.4 Å². The zero-order valence-corrected chi connectivity index (χ0v) is 9.32. The van der Waals surface area contributed by atoms with Gasteiger partial charge in [0.1, 0.15) is 0 Å². The van der Waals surface area contributed by atoms with Gasteiger partial charge >= 0.3 is 5.97 Å². The summed E-state index contributed by atoms with van der Waals surface area (Å²) in [7, 11) is 0. The topological polar surface area (TPSA) is 113 Å². The maximum Gasteiger partial charge on any atom is 0.303 e. The van der Waals surface area contributed by atoms with Crippen LogP contribution < -0.4 is 11.1 Å². The van der Waals surface area contributed by atoms with E-state index < -0.39 is 5.97 Å². The second-order valence-corrected chi connectivity index (χ2v) is 3.68. The van der Waals surface area contributed by atoms with Crippen LogP contribution in [0.3, 0.4) is 0 Å². The van der Waals surface area contributed by atoms with Gasteiger partial charge in [-0.2, -0.15) is 0 Å². The first-order valence-corrected chi connectivity index (χ1v) is 5.41. The number of aliphatic carboxylic acids is 1. The minimum absolute atomic E-state index is 0.0193. The van der Waals surface area contributed by atoms with Gasteiger partial charge in [-0.25, -0.2) is 0 Å². The normalized spacial score (nSPS) is 12.1. The molecule has 1 amide bonds. The third-order valence-electron chi connectivity index (χ3n) is 2.12. The average molecular weight is 232 g/mol. The van der Waals surface area contributed by atoms with Crippen molar-refractivity contribution in [2.75, 3.05) is 13.2 Å². The maximum atomic E-state index is 11.1. The van der Waals surface area contributed by atoms with Crippen LogP contribution in [0.25, 0.3) is 0 Å². The molecule has 0 aromatic heterocycles. The van der Waals surface area contributed by atoms with Crippen molar-refractivity contribution in [3.8, 4) is 0 Å². The lowest BCUT2D eigenvalue weighted by Gasteiger charge is -2.07. The predicted octanol–water partition coefficient (Wildman–Crippen LogP) is -0.543. The molecule has 0 aliphatic rings. The standard InChI is InChI=1S/C10H20N2O4/c11-8(7-13)3-1-2-6-12-9(14)4-5-10(15)16/h8,13H,1-7,11H2,(H,12,14)(H,15,16)/t8-/m0/s1. The number of nitrogens with one attached hydrogen (secondary N) is 1. The Bertz CT molecular complexity index is 221. The van der Waals surface area contributed by atoms with Crippen LogP contribution in [0, 0.1) is 0 Å². The smallest absolute Gasteiger partial charge is 0.303 e. The third kappa shape index (κ3) is 9.42. The van der Waals surface area contributed by atoms with Crippen LogP contribution in [0.1, 0.15) is 32.1 Å². The van der Waals surface area contributed by atoms with Gasteiger partial charge < -0.3 is 21.3 Å². The molecule has 0 aromatic carbocycles. The van der Waals surface area contributed by atoms with Gasteiger partial charge in [0.2, 0.25) is 5.91 Å². The summed E-state index contributed by atoms with van der Waals surface area (Å²) >= 11 is 0. The second kappa shape index (κ2) is 9.11. The van der Waals surface area contributed by atoms with Gasteiger partial charge in [0.25, 0.3) is 0 Å². The summed E-state index contributed by atoms with van der Waals surface area (Å²) in [5.41, 5.74) is 5.49. The monoisotopic (exact) mass is 232 g/mol. The van der Waals surface area contributed by atoms with Gasteiger partial charge in [0.05, 0.1) is 13.0 Å². The highest BCUT2D eigenvalue weighted by Crippen LogP contribution is 1.97. The number of carboxylic acid groups (broad SMARTS) is 1. The number of carbonyl (C=O) groups excluding carboxylic acids is 1. The Morgan fingerprint density at radius 1 is 1.25 bits per heavy atom. The number of rotatable bonds is 9. The SMILES string of the molecule is N[C@H](CO)CCCCNC(=O)CCC(=O)O. The Hall–Kier alpha value is -1.14. The van der Waals surface area contributed by atoms with Gasteiger partial charge in [-0.3, -0.25) is 9.59 Å². The predicted molar refractivity (Wildman–Crippen MR) is 58.8 cm³/mol. The Labute approximate surface area is 94.8 Å². The first-order valence-electron chi connectivity index (χ1n) is 5.41. The molecular formula is C10H20N2O4. The van der Waals surface area contributed by atoms with Gasteiger partial charge in [-0.15, -0.1) is 0 Å². The number of unbranched alkanes of at least 4 members (excludes halogenated alkanes) is 1. The number of aliphatic hydroxyl groups excluding tert-OH is 1. The molecule has 6 heteroatoms. The molecule has 0 aromatic rings. The van der Waals surface area contributed by atoms with Gasteiger partial charge in [0.15, 0.2) is 0 Å². The highest BCUT2D eigenvalue weighted by molar-refractivity contribution is 5.80. The maximum absolute atomic E-state index is 11.1.